The van der Waals surface area contributed by atoms with E-state index in [1.807, 2.05) is 13.2 Å². The third kappa shape index (κ3) is 3.37. The highest BCUT2D eigenvalue weighted by Gasteiger charge is 2.45. The number of carbonyl (C=O) groups excluding carboxylic acids is 1. The Morgan fingerprint density at radius 3 is 2.56 bits per heavy atom. The Balaban J connectivity index is 2.19. The molecule has 3 rings (SSSR count). The smallest absolute Gasteiger partial charge is 0.355 e. The van der Waals surface area contributed by atoms with Crippen molar-refractivity contribution in [1.29, 1.82) is 0 Å². The zero-order chi connectivity index (χ0) is 19.8. The standard InChI is InChI=1S/C18H21N3O4S2/c1-5-25-18(22)15-10-14-16(17(26-4)19-11-20(14)3)21(15)27(23,24)13-8-6-12(2)7-9-13/h6-11,14H,5H2,1-4H3. The Morgan fingerprint density at radius 1 is 1.30 bits per heavy atom. The summed E-state index contributed by atoms with van der Waals surface area (Å²) in [5.41, 5.74) is 1.37. The molecule has 1 aromatic carbocycles. The van der Waals surface area contributed by atoms with Crippen molar-refractivity contribution in [3.63, 3.8) is 0 Å². The number of benzene rings is 1. The molecule has 2 aliphatic heterocycles. The van der Waals surface area contributed by atoms with Crippen molar-refractivity contribution in [2.45, 2.75) is 24.8 Å². The summed E-state index contributed by atoms with van der Waals surface area (Å²) in [5, 5.41) is 0.546. The first-order valence-electron chi connectivity index (χ1n) is 8.36. The van der Waals surface area contributed by atoms with E-state index in [1.165, 1.54) is 23.9 Å². The maximum absolute atomic E-state index is 13.5. The molecular formula is C18H21N3O4S2. The first-order chi connectivity index (χ1) is 12.8. The number of esters is 1. The molecule has 0 aliphatic carbocycles. The predicted octanol–water partition coefficient (Wildman–Crippen LogP) is 2.32. The van der Waals surface area contributed by atoms with Crippen molar-refractivity contribution < 1.29 is 17.9 Å². The van der Waals surface area contributed by atoms with E-state index < -0.39 is 22.0 Å². The number of ether oxygens (including phenoxy) is 1. The molecule has 0 fully saturated rings. The summed E-state index contributed by atoms with van der Waals surface area (Å²) in [6, 6.07) is 6.11. The number of hydrogen-bond donors (Lipinski definition) is 0. The van der Waals surface area contributed by atoms with Gasteiger partial charge in [0.05, 0.1) is 29.6 Å². The number of aryl methyl sites for hydroxylation is 1. The second-order valence-corrected chi connectivity index (χ2v) is 8.69. The van der Waals surface area contributed by atoms with Crippen LogP contribution >= 0.6 is 11.8 Å². The van der Waals surface area contributed by atoms with Gasteiger partial charge in [0.2, 0.25) is 0 Å². The summed E-state index contributed by atoms with van der Waals surface area (Å²) in [7, 11) is -2.23. The Hall–Kier alpha value is -2.26. The van der Waals surface area contributed by atoms with Crippen LogP contribution in [0.4, 0.5) is 0 Å². The van der Waals surface area contributed by atoms with Gasteiger partial charge < -0.3 is 9.64 Å². The van der Waals surface area contributed by atoms with Crippen molar-refractivity contribution in [2.24, 2.45) is 4.99 Å². The van der Waals surface area contributed by atoms with Gasteiger partial charge in [0, 0.05) is 7.05 Å². The van der Waals surface area contributed by atoms with Gasteiger partial charge in [-0.1, -0.05) is 17.7 Å². The molecule has 0 N–H and O–H groups in total. The number of aliphatic imine (C=N–C) groups is 1. The summed E-state index contributed by atoms with van der Waals surface area (Å²) < 4.78 is 33.1. The molecule has 1 aromatic rings. The normalized spacial score (nSPS) is 19.3. The Morgan fingerprint density at radius 2 is 1.96 bits per heavy atom. The lowest BCUT2D eigenvalue weighted by molar-refractivity contribution is -0.139. The van der Waals surface area contributed by atoms with Crippen LogP contribution < -0.4 is 0 Å². The molecule has 2 heterocycles. The number of sulfonamides is 1. The molecular weight excluding hydrogens is 386 g/mol. The molecule has 0 bridgehead atoms. The van der Waals surface area contributed by atoms with Crippen molar-refractivity contribution in [3.05, 3.63) is 52.3 Å². The van der Waals surface area contributed by atoms with Crippen LogP contribution in [0.3, 0.4) is 0 Å². The molecule has 0 radical (unpaired) electrons. The van der Waals surface area contributed by atoms with Crippen LogP contribution in [-0.2, 0) is 19.6 Å². The van der Waals surface area contributed by atoms with E-state index in [4.69, 9.17) is 4.74 Å². The van der Waals surface area contributed by atoms with Crippen molar-refractivity contribution in [3.8, 4) is 0 Å². The number of carbonyl (C=O) groups is 1. The largest absolute Gasteiger partial charge is 0.461 e. The number of nitrogens with zero attached hydrogens (tertiary/aromatic N) is 3. The summed E-state index contributed by atoms with van der Waals surface area (Å²) in [6.07, 6.45) is 5.06. The molecule has 27 heavy (non-hydrogen) atoms. The third-order valence-electron chi connectivity index (χ3n) is 4.29. The van der Waals surface area contributed by atoms with Crippen molar-refractivity contribution in [2.75, 3.05) is 19.9 Å². The highest BCUT2D eigenvalue weighted by Crippen LogP contribution is 2.40. The van der Waals surface area contributed by atoms with E-state index >= 15 is 0 Å². The van der Waals surface area contributed by atoms with Gasteiger partial charge in [-0.2, -0.15) is 0 Å². The number of thioether (sulfide) groups is 1. The van der Waals surface area contributed by atoms with E-state index in [1.54, 1.807) is 43.4 Å². The Labute approximate surface area is 163 Å². The molecule has 144 valence electrons. The Bertz CT molecular complexity index is 949. The lowest BCUT2D eigenvalue weighted by atomic mass is 10.2. The third-order valence-corrected chi connectivity index (χ3v) is 6.73. The summed E-state index contributed by atoms with van der Waals surface area (Å²) >= 11 is 1.33. The molecule has 1 unspecified atom stereocenters. The van der Waals surface area contributed by atoms with E-state index in [-0.39, 0.29) is 17.2 Å². The van der Waals surface area contributed by atoms with Gasteiger partial charge in [-0.05, 0) is 38.3 Å². The Kier molecular flexibility index (Phi) is 5.34. The predicted molar refractivity (Wildman–Crippen MR) is 106 cm³/mol. The summed E-state index contributed by atoms with van der Waals surface area (Å²) in [4.78, 5) is 18.8. The fourth-order valence-corrected chi connectivity index (χ4v) is 5.11. The zero-order valence-corrected chi connectivity index (χ0v) is 17.2. The van der Waals surface area contributed by atoms with Crippen LogP contribution in [0.5, 0.6) is 0 Å². The van der Waals surface area contributed by atoms with E-state index in [0.29, 0.717) is 10.7 Å². The van der Waals surface area contributed by atoms with Crippen LogP contribution in [0.15, 0.2) is 56.7 Å². The number of likely N-dealkylation sites (N-methyl/N-ethyl adjacent to an activating group) is 1. The average Bonchev–Trinajstić information content (AvgIpc) is 3.05. The van der Waals surface area contributed by atoms with Crippen molar-refractivity contribution in [1.82, 2.24) is 9.21 Å². The summed E-state index contributed by atoms with van der Waals surface area (Å²) in [5.74, 6) is -0.677. The molecule has 0 saturated heterocycles. The average molecular weight is 408 g/mol. The lowest BCUT2D eigenvalue weighted by Gasteiger charge is -2.31. The minimum atomic E-state index is -4.01. The van der Waals surface area contributed by atoms with Gasteiger partial charge in [-0.15, -0.1) is 11.8 Å². The molecule has 0 aromatic heterocycles. The zero-order valence-electron chi connectivity index (χ0n) is 15.5. The molecule has 7 nitrogen and oxygen atoms in total. The van der Waals surface area contributed by atoms with Crippen LogP contribution in [0.1, 0.15) is 12.5 Å². The summed E-state index contributed by atoms with van der Waals surface area (Å²) in [6.45, 7) is 3.71. The minimum absolute atomic E-state index is 0.0127. The number of hydrogen-bond acceptors (Lipinski definition) is 7. The molecule has 2 aliphatic rings. The molecule has 0 spiro atoms. The van der Waals surface area contributed by atoms with Gasteiger partial charge in [0.25, 0.3) is 10.0 Å². The first kappa shape index (κ1) is 19.5. The lowest BCUT2D eigenvalue weighted by Crippen LogP contribution is -2.39. The maximum atomic E-state index is 13.5. The highest BCUT2D eigenvalue weighted by atomic mass is 32.2. The fraction of sp³-hybridized carbons (Fsp3) is 0.333. The number of fused-ring (bicyclic) bond motifs is 1. The van der Waals surface area contributed by atoms with Gasteiger partial charge in [-0.25, -0.2) is 22.5 Å². The minimum Gasteiger partial charge on any atom is -0.461 e. The van der Waals surface area contributed by atoms with Gasteiger partial charge >= 0.3 is 5.97 Å². The van der Waals surface area contributed by atoms with Crippen LogP contribution in [0.25, 0.3) is 0 Å². The second kappa shape index (κ2) is 7.40. The first-order valence-corrected chi connectivity index (χ1v) is 11.0. The molecule has 9 heteroatoms. The second-order valence-electron chi connectivity index (χ2n) is 6.10. The van der Waals surface area contributed by atoms with Crippen LogP contribution in [0.2, 0.25) is 0 Å². The van der Waals surface area contributed by atoms with Gasteiger partial charge in [0.1, 0.15) is 10.7 Å². The molecule has 1 atom stereocenters. The SMILES string of the molecule is CCOC(=O)C1=CC2C(=C(SC)N=CN2C)N1S(=O)(=O)c1ccc(C)cc1. The highest BCUT2D eigenvalue weighted by molar-refractivity contribution is 8.02. The van der Waals surface area contributed by atoms with E-state index in [2.05, 4.69) is 4.99 Å². The quantitative estimate of drug-likeness (QED) is 0.697. The van der Waals surface area contributed by atoms with Crippen molar-refractivity contribution >= 4 is 34.1 Å². The molecule has 0 amide bonds. The molecule has 0 saturated carbocycles. The fourth-order valence-electron chi connectivity index (χ4n) is 2.94. The van der Waals surface area contributed by atoms with Gasteiger partial charge in [-0.3, -0.25) is 0 Å². The topological polar surface area (TPSA) is 79.3 Å². The maximum Gasteiger partial charge on any atom is 0.355 e. The monoisotopic (exact) mass is 407 g/mol. The van der Waals surface area contributed by atoms with Crippen LogP contribution in [-0.4, -0.2) is 55.9 Å². The number of rotatable bonds is 5. The van der Waals surface area contributed by atoms with E-state index in [9.17, 15) is 13.2 Å². The van der Waals surface area contributed by atoms with E-state index in [0.717, 1.165) is 9.87 Å². The van der Waals surface area contributed by atoms with Gasteiger partial charge in [0.15, 0.2) is 0 Å². The van der Waals surface area contributed by atoms with Crippen LogP contribution in [0, 0.1) is 6.92 Å².